The molecule has 12 heteroatoms. The zero-order valence-corrected chi connectivity index (χ0v) is 20.8. The molecule has 0 aliphatic carbocycles. The van der Waals surface area contributed by atoms with E-state index in [1.807, 2.05) is 0 Å². The van der Waals surface area contributed by atoms with Crippen LogP contribution in [0.25, 0.3) is 0 Å². The van der Waals surface area contributed by atoms with Crippen LogP contribution in [0.1, 0.15) is 11.1 Å². The molecule has 2 aromatic rings. The van der Waals surface area contributed by atoms with E-state index < -0.39 is 47.3 Å². The second kappa shape index (κ2) is 9.31. The predicted molar refractivity (Wildman–Crippen MR) is 142 cm³/mol. The first kappa shape index (κ1) is 25.2. The van der Waals surface area contributed by atoms with Gasteiger partial charge >= 0.3 is 0 Å². The monoisotopic (exact) mass is 548 g/mol. The van der Waals surface area contributed by atoms with Crippen LogP contribution in [-0.2, 0) is 44.8 Å². The molecule has 4 aliphatic heterocycles. The van der Waals surface area contributed by atoms with Crippen molar-refractivity contribution < 1.29 is 38.4 Å². The summed E-state index contributed by atoms with van der Waals surface area (Å²) in [4.78, 5) is 103. The van der Waals surface area contributed by atoms with E-state index in [0.717, 1.165) is 68.2 Å². The lowest BCUT2D eigenvalue weighted by atomic mass is 10.0. The van der Waals surface area contributed by atoms with Gasteiger partial charge < -0.3 is 0 Å². The Balaban J connectivity index is 1.41. The minimum absolute atomic E-state index is 0.0122. The molecule has 12 nitrogen and oxygen atoms in total. The van der Waals surface area contributed by atoms with E-state index in [-0.39, 0.29) is 29.2 Å². The third-order valence-electron chi connectivity index (χ3n) is 6.69. The Morgan fingerprint density at radius 1 is 0.341 bits per heavy atom. The average molecular weight is 548 g/mol. The van der Waals surface area contributed by atoms with Crippen LogP contribution < -0.4 is 19.6 Å². The third-order valence-corrected chi connectivity index (χ3v) is 6.69. The molecule has 0 saturated heterocycles. The Morgan fingerprint density at radius 2 is 0.585 bits per heavy atom. The van der Waals surface area contributed by atoms with Crippen molar-refractivity contribution in [2.45, 2.75) is 6.42 Å². The molecular weight excluding hydrogens is 532 g/mol. The summed E-state index contributed by atoms with van der Waals surface area (Å²) < 4.78 is 0. The molecule has 0 radical (unpaired) electrons. The standard InChI is InChI=1S/C29H16N4O8/c34-22-5-6-23(35)30(22)18-3-1-16(14-20(18)32-26(38)9-10-27(32)39)13-17-2-4-19(31-24(36)7-8-25(31)37)21(15-17)33-28(40)11-12-29(33)41/h1-12,14-15H,13H2. The summed E-state index contributed by atoms with van der Waals surface area (Å²) in [5.41, 5.74) is 1.17. The summed E-state index contributed by atoms with van der Waals surface area (Å²) in [5, 5.41) is 0. The summed E-state index contributed by atoms with van der Waals surface area (Å²) in [5.74, 6) is -5.15. The van der Waals surface area contributed by atoms with Crippen LogP contribution in [0.15, 0.2) is 85.0 Å². The van der Waals surface area contributed by atoms with Crippen LogP contribution in [-0.4, -0.2) is 47.3 Å². The van der Waals surface area contributed by atoms with Gasteiger partial charge in [-0.25, -0.2) is 19.6 Å². The molecule has 0 fully saturated rings. The Bertz CT molecular complexity index is 1600. The second-order valence-electron chi connectivity index (χ2n) is 9.20. The first-order valence-electron chi connectivity index (χ1n) is 12.1. The summed E-state index contributed by atoms with van der Waals surface area (Å²) in [6.45, 7) is 0. The third kappa shape index (κ3) is 4.10. The molecule has 0 unspecified atom stereocenters. The van der Waals surface area contributed by atoms with Gasteiger partial charge in [0.15, 0.2) is 0 Å². The molecule has 2 aromatic carbocycles. The number of anilines is 4. The number of rotatable bonds is 6. The van der Waals surface area contributed by atoms with Gasteiger partial charge in [-0.3, -0.25) is 38.4 Å². The Labute approximate surface area is 230 Å². The van der Waals surface area contributed by atoms with Crippen LogP contribution in [0.4, 0.5) is 22.7 Å². The molecule has 0 spiro atoms. The van der Waals surface area contributed by atoms with Crippen molar-refractivity contribution in [1.82, 2.24) is 0 Å². The van der Waals surface area contributed by atoms with Crippen molar-refractivity contribution in [2.24, 2.45) is 0 Å². The summed E-state index contributed by atoms with van der Waals surface area (Å²) in [7, 11) is 0. The fraction of sp³-hybridized carbons (Fsp3) is 0.0345. The quantitative estimate of drug-likeness (QED) is 0.485. The molecule has 0 atom stereocenters. The Hall–Kier alpha value is -6.04. The van der Waals surface area contributed by atoms with Gasteiger partial charge in [-0.1, -0.05) is 12.1 Å². The number of imide groups is 4. The lowest BCUT2D eigenvalue weighted by Gasteiger charge is -2.25. The lowest BCUT2D eigenvalue weighted by Crippen LogP contribution is -2.35. The molecular formula is C29H16N4O8. The fourth-order valence-corrected chi connectivity index (χ4v) is 4.88. The first-order chi connectivity index (χ1) is 19.6. The normalized spacial score (nSPS) is 18.1. The summed E-state index contributed by atoms with van der Waals surface area (Å²) in [6, 6.07) is 9.02. The van der Waals surface area contributed by atoms with E-state index in [0.29, 0.717) is 11.1 Å². The number of hydrogen-bond donors (Lipinski definition) is 0. The molecule has 0 aromatic heterocycles. The zero-order chi connectivity index (χ0) is 29.0. The maximum Gasteiger partial charge on any atom is 0.258 e. The molecule has 4 aliphatic rings. The van der Waals surface area contributed by atoms with E-state index in [9.17, 15) is 38.4 Å². The maximum atomic E-state index is 12.5. The predicted octanol–water partition coefficient (Wildman–Crippen LogP) is 0.995. The number of benzene rings is 2. The van der Waals surface area contributed by atoms with Crippen LogP contribution >= 0.6 is 0 Å². The SMILES string of the molecule is O=C1C=CC(=O)N1c1ccc(Cc2ccc(N3C(=O)C=CC3=O)c(N3C(=O)C=CC3=O)c2)cc1N1C(=O)C=CC1=O. The van der Waals surface area contributed by atoms with Crippen LogP contribution in [0.3, 0.4) is 0 Å². The van der Waals surface area contributed by atoms with Gasteiger partial charge in [0.05, 0.1) is 22.7 Å². The van der Waals surface area contributed by atoms with E-state index in [1.165, 1.54) is 24.3 Å². The number of nitrogens with zero attached hydrogens (tertiary/aromatic N) is 4. The Morgan fingerprint density at radius 3 is 0.854 bits per heavy atom. The highest BCUT2D eigenvalue weighted by Crippen LogP contribution is 2.37. The molecule has 6 rings (SSSR count). The van der Waals surface area contributed by atoms with E-state index >= 15 is 0 Å². The molecule has 0 saturated carbocycles. The second-order valence-corrected chi connectivity index (χ2v) is 9.20. The molecule has 41 heavy (non-hydrogen) atoms. The highest BCUT2D eigenvalue weighted by atomic mass is 16.2. The van der Waals surface area contributed by atoms with Crippen molar-refractivity contribution in [3.05, 3.63) is 96.1 Å². The Kier molecular flexibility index (Phi) is 5.73. The van der Waals surface area contributed by atoms with E-state index in [2.05, 4.69) is 0 Å². The van der Waals surface area contributed by atoms with Gasteiger partial charge in [0.25, 0.3) is 47.3 Å². The van der Waals surface area contributed by atoms with Gasteiger partial charge in [0, 0.05) is 48.6 Å². The van der Waals surface area contributed by atoms with Crippen LogP contribution in [0, 0.1) is 0 Å². The smallest absolute Gasteiger partial charge is 0.258 e. The van der Waals surface area contributed by atoms with Crippen LogP contribution in [0.5, 0.6) is 0 Å². The number of hydrogen-bond acceptors (Lipinski definition) is 8. The average Bonchev–Trinajstić information content (AvgIpc) is 3.66. The van der Waals surface area contributed by atoms with Gasteiger partial charge in [0.2, 0.25) is 0 Å². The van der Waals surface area contributed by atoms with E-state index in [4.69, 9.17) is 0 Å². The molecule has 0 bridgehead atoms. The zero-order valence-electron chi connectivity index (χ0n) is 20.8. The van der Waals surface area contributed by atoms with Gasteiger partial charge in [-0.05, 0) is 41.8 Å². The van der Waals surface area contributed by atoms with Gasteiger partial charge in [0.1, 0.15) is 0 Å². The lowest BCUT2D eigenvalue weighted by molar-refractivity contribution is -0.122. The topological polar surface area (TPSA) is 150 Å². The van der Waals surface area contributed by atoms with Crippen molar-refractivity contribution in [1.29, 1.82) is 0 Å². The first-order valence-corrected chi connectivity index (χ1v) is 12.1. The molecule has 8 amide bonds. The van der Waals surface area contributed by atoms with Crippen LogP contribution in [0.2, 0.25) is 0 Å². The van der Waals surface area contributed by atoms with E-state index in [1.54, 1.807) is 12.1 Å². The number of carbonyl (C=O) groups excluding carboxylic acids is 8. The van der Waals surface area contributed by atoms with Crippen molar-refractivity contribution in [2.75, 3.05) is 19.6 Å². The minimum Gasteiger partial charge on any atom is -0.269 e. The van der Waals surface area contributed by atoms with Crippen molar-refractivity contribution >= 4 is 70.0 Å². The molecule has 4 heterocycles. The van der Waals surface area contributed by atoms with Crippen molar-refractivity contribution in [3.8, 4) is 0 Å². The largest absolute Gasteiger partial charge is 0.269 e. The maximum absolute atomic E-state index is 12.5. The minimum atomic E-state index is -0.654. The molecule has 200 valence electrons. The van der Waals surface area contributed by atoms with Gasteiger partial charge in [-0.2, -0.15) is 0 Å². The highest BCUT2D eigenvalue weighted by molar-refractivity contribution is 6.34. The molecule has 0 N–H and O–H groups in total. The summed E-state index contributed by atoms with van der Waals surface area (Å²) in [6.07, 6.45) is 8.74. The van der Waals surface area contributed by atoms with Crippen molar-refractivity contribution in [3.63, 3.8) is 0 Å². The summed E-state index contributed by atoms with van der Waals surface area (Å²) >= 11 is 0. The number of amides is 8. The fourth-order valence-electron chi connectivity index (χ4n) is 4.88. The van der Waals surface area contributed by atoms with Gasteiger partial charge in [-0.15, -0.1) is 0 Å². The number of carbonyl (C=O) groups is 8. The highest BCUT2D eigenvalue weighted by Gasteiger charge is 2.35.